The first-order valence-electron chi connectivity index (χ1n) is 7.49. The van der Waals surface area contributed by atoms with E-state index in [1.165, 1.54) is 5.06 Å². The molecule has 1 heterocycles. The summed E-state index contributed by atoms with van der Waals surface area (Å²) in [7, 11) is 0. The van der Waals surface area contributed by atoms with Gasteiger partial charge < -0.3 is 0 Å². The van der Waals surface area contributed by atoms with Gasteiger partial charge in [-0.3, -0.25) is 0 Å². The topological polar surface area (TPSA) is 23.1 Å². The Balaban J connectivity index is 1.97. The van der Waals surface area contributed by atoms with Crippen LogP contribution in [-0.4, -0.2) is 0 Å². The SMILES string of the molecule is [O]N1c2ccccc2CC1(c1ccccc1)c1ccccc1. The maximum Gasteiger partial charge on any atom is 0.124 e. The van der Waals surface area contributed by atoms with E-state index in [4.69, 9.17) is 0 Å². The lowest BCUT2D eigenvalue weighted by molar-refractivity contribution is 0.105. The van der Waals surface area contributed by atoms with Crippen molar-refractivity contribution in [2.75, 3.05) is 5.06 Å². The molecule has 4 rings (SSSR count). The van der Waals surface area contributed by atoms with Crippen molar-refractivity contribution in [3.63, 3.8) is 0 Å². The first-order chi connectivity index (χ1) is 10.8. The second kappa shape index (κ2) is 5.00. The average molecular weight is 286 g/mol. The molecule has 2 heteroatoms. The van der Waals surface area contributed by atoms with Crippen LogP contribution in [0.25, 0.3) is 0 Å². The highest BCUT2D eigenvalue weighted by Crippen LogP contribution is 2.47. The first kappa shape index (κ1) is 13.1. The number of hydrogen-bond acceptors (Lipinski definition) is 1. The van der Waals surface area contributed by atoms with Gasteiger partial charge in [0.15, 0.2) is 0 Å². The second-order valence-electron chi connectivity index (χ2n) is 5.69. The predicted octanol–water partition coefficient (Wildman–Crippen LogP) is 4.34. The van der Waals surface area contributed by atoms with E-state index < -0.39 is 5.54 Å². The van der Waals surface area contributed by atoms with Crippen LogP contribution in [0.1, 0.15) is 16.7 Å². The Kier molecular flexibility index (Phi) is 2.98. The van der Waals surface area contributed by atoms with Crippen molar-refractivity contribution < 1.29 is 5.21 Å². The summed E-state index contributed by atoms with van der Waals surface area (Å²) in [6, 6.07) is 28.0. The third kappa shape index (κ3) is 1.78. The van der Waals surface area contributed by atoms with Gasteiger partial charge in [-0.2, -0.15) is 0 Å². The fourth-order valence-corrected chi connectivity index (χ4v) is 3.44. The monoisotopic (exact) mass is 286 g/mol. The van der Waals surface area contributed by atoms with E-state index in [2.05, 4.69) is 0 Å². The molecular formula is C20H16NO. The summed E-state index contributed by atoms with van der Waals surface area (Å²) in [5.74, 6) is 0. The van der Waals surface area contributed by atoms with Crippen LogP contribution in [0.2, 0.25) is 0 Å². The third-order valence-electron chi connectivity index (χ3n) is 4.51. The third-order valence-corrected chi connectivity index (χ3v) is 4.51. The van der Waals surface area contributed by atoms with Crippen molar-refractivity contribution in [2.45, 2.75) is 12.0 Å². The maximum absolute atomic E-state index is 13.2. The van der Waals surface area contributed by atoms with Crippen LogP contribution >= 0.6 is 0 Å². The zero-order valence-electron chi connectivity index (χ0n) is 12.1. The van der Waals surface area contributed by atoms with Gasteiger partial charge in [0.05, 0.1) is 5.69 Å². The van der Waals surface area contributed by atoms with E-state index in [9.17, 15) is 5.21 Å². The smallest absolute Gasteiger partial charge is 0.124 e. The molecule has 0 atom stereocenters. The molecule has 1 aliphatic heterocycles. The van der Waals surface area contributed by atoms with Crippen molar-refractivity contribution in [1.82, 2.24) is 0 Å². The van der Waals surface area contributed by atoms with Gasteiger partial charge in [-0.25, -0.2) is 5.06 Å². The van der Waals surface area contributed by atoms with Gasteiger partial charge >= 0.3 is 0 Å². The lowest BCUT2D eigenvalue weighted by atomic mass is 9.80. The highest BCUT2D eigenvalue weighted by Gasteiger charge is 2.47. The molecular weight excluding hydrogens is 270 g/mol. The summed E-state index contributed by atoms with van der Waals surface area (Å²) in [4.78, 5) is 0. The Labute approximate surface area is 130 Å². The molecule has 3 aromatic rings. The van der Waals surface area contributed by atoms with Crippen LogP contribution in [0.5, 0.6) is 0 Å². The Morgan fingerprint density at radius 1 is 0.682 bits per heavy atom. The van der Waals surface area contributed by atoms with Crippen molar-refractivity contribution in [3.8, 4) is 0 Å². The van der Waals surface area contributed by atoms with Crippen LogP contribution in [0, 0.1) is 0 Å². The van der Waals surface area contributed by atoms with Crippen LogP contribution < -0.4 is 5.06 Å². The summed E-state index contributed by atoms with van der Waals surface area (Å²) in [5, 5.41) is 14.4. The quantitative estimate of drug-likeness (QED) is 0.687. The van der Waals surface area contributed by atoms with Gasteiger partial charge in [-0.15, -0.1) is 0 Å². The number of benzene rings is 3. The van der Waals surface area contributed by atoms with Crippen molar-refractivity contribution in [3.05, 3.63) is 102 Å². The van der Waals surface area contributed by atoms with Crippen LogP contribution in [0.3, 0.4) is 0 Å². The minimum Gasteiger partial charge on any atom is -0.205 e. The molecule has 0 amide bonds. The normalized spacial score (nSPS) is 15.6. The highest BCUT2D eigenvalue weighted by atomic mass is 16.5. The molecule has 0 N–H and O–H groups in total. The van der Waals surface area contributed by atoms with E-state index in [1.54, 1.807) is 0 Å². The van der Waals surface area contributed by atoms with Crippen LogP contribution in [-0.2, 0) is 17.2 Å². The maximum atomic E-state index is 13.2. The Morgan fingerprint density at radius 3 is 1.73 bits per heavy atom. The molecule has 0 aromatic heterocycles. The Bertz CT molecular complexity index is 744. The molecule has 0 saturated carbocycles. The molecule has 107 valence electrons. The van der Waals surface area contributed by atoms with E-state index in [1.807, 2.05) is 84.9 Å². The first-order valence-corrected chi connectivity index (χ1v) is 7.49. The van der Waals surface area contributed by atoms with E-state index in [0.29, 0.717) is 6.42 Å². The molecule has 0 aliphatic carbocycles. The van der Waals surface area contributed by atoms with E-state index in [0.717, 1.165) is 22.4 Å². The zero-order valence-corrected chi connectivity index (χ0v) is 12.1. The summed E-state index contributed by atoms with van der Waals surface area (Å²) >= 11 is 0. The molecule has 0 bridgehead atoms. The van der Waals surface area contributed by atoms with Crippen molar-refractivity contribution in [1.29, 1.82) is 0 Å². The molecule has 0 fully saturated rings. The van der Waals surface area contributed by atoms with Crippen molar-refractivity contribution in [2.24, 2.45) is 0 Å². The average Bonchev–Trinajstić information content (AvgIpc) is 2.91. The summed E-state index contributed by atoms with van der Waals surface area (Å²) in [6.07, 6.45) is 0.695. The van der Waals surface area contributed by atoms with Gasteiger partial charge in [0, 0.05) is 6.42 Å². The number of para-hydroxylation sites is 1. The molecule has 1 radical (unpaired) electrons. The fraction of sp³-hybridized carbons (Fsp3) is 0.100. The number of anilines is 1. The molecule has 0 unspecified atom stereocenters. The molecule has 1 aliphatic rings. The Hall–Kier alpha value is -2.58. The van der Waals surface area contributed by atoms with Gasteiger partial charge in [0.2, 0.25) is 0 Å². The fourth-order valence-electron chi connectivity index (χ4n) is 3.44. The molecule has 3 aromatic carbocycles. The van der Waals surface area contributed by atoms with Crippen molar-refractivity contribution >= 4 is 5.69 Å². The van der Waals surface area contributed by atoms with E-state index >= 15 is 0 Å². The Morgan fingerprint density at radius 2 is 1.18 bits per heavy atom. The van der Waals surface area contributed by atoms with E-state index in [-0.39, 0.29) is 0 Å². The second-order valence-corrected chi connectivity index (χ2v) is 5.69. The van der Waals surface area contributed by atoms with Gasteiger partial charge in [-0.1, -0.05) is 84.1 Å². The van der Waals surface area contributed by atoms with Crippen LogP contribution in [0.4, 0.5) is 5.69 Å². The zero-order chi connectivity index (χ0) is 15.0. The summed E-state index contributed by atoms with van der Waals surface area (Å²) in [6.45, 7) is 0. The molecule has 2 nitrogen and oxygen atoms in total. The van der Waals surface area contributed by atoms with Gasteiger partial charge in [0.25, 0.3) is 0 Å². The van der Waals surface area contributed by atoms with Gasteiger partial charge in [0.1, 0.15) is 5.54 Å². The lowest BCUT2D eigenvalue weighted by Gasteiger charge is -2.35. The molecule has 0 spiro atoms. The standard InChI is InChI=1S/C20H16NO/c22-21-19-14-8-7-9-16(19)15-20(21,17-10-3-1-4-11-17)18-12-5-2-6-13-18/h1-14H,15H2. The summed E-state index contributed by atoms with van der Waals surface area (Å²) in [5.41, 5.74) is 3.27. The predicted molar refractivity (Wildman–Crippen MR) is 87.0 cm³/mol. The lowest BCUT2D eigenvalue weighted by Crippen LogP contribution is -2.42. The largest absolute Gasteiger partial charge is 0.205 e. The van der Waals surface area contributed by atoms with Crippen LogP contribution in [0.15, 0.2) is 84.9 Å². The number of fused-ring (bicyclic) bond motifs is 1. The minimum atomic E-state index is -0.674. The summed E-state index contributed by atoms with van der Waals surface area (Å²) < 4.78 is 0. The number of hydroxylamine groups is 1. The number of rotatable bonds is 2. The minimum absolute atomic E-state index is 0.674. The van der Waals surface area contributed by atoms with Gasteiger partial charge in [-0.05, 0) is 22.8 Å². The highest BCUT2D eigenvalue weighted by molar-refractivity contribution is 5.64. The number of nitrogens with zero attached hydrogens (tertiary/aromatic N) is 1. The number of hydrogen-bond donors (Lipinski definition) is 0. The molecule has 22 heavy (non-hydrogen) atoms. The molecule has 0 saturated heterocycles.